The SMILES string of the molecule is CC1(C)C[CH]c2c(OC(F)(F)F)cccc2O1. The molecule has 1 aliphatic rings. The van der Waals surface area contributed by atoms with Crippen LogP contribution in [0.15, 0.2) is 18.2 Å². The van der Waals surface area contributed by atoms with Crippen LogP contribution in [0.5, 0.6) is 11.5 Å². The minimum Gasteiger partial charge on any atom is -0.487 e. The Morgan fingerprint density at radius 2 is 2.00 bits per heavy atom. The lowest BCUT2D eigenvalue weighted by Gasteiger charge is -2.33. The fourth-order valence-corrected chi connectivity index (χ4v) is 1.71. The van der Waals surface area contributed by atoms with Crippen molar-refractivity contribution in [2.24, 2.45) is 0 Å². The number of fused-ring (bicyclic) bond motifs is 1. The van der Waals surface area contributed by atoms with Crippen molar-refractivity contribution in [2.45, 2.75) is 32.2 Å². The lowest BCUT2D eigenvalue weighted by Crippen LogP contribution is -2.32. The molecule has 2 rings (SSSR count). The van der Waals surface area contributed by atoms with Crippen LogP contribution in [0.4, 0.5) is 13.2 Å². The van der Waals surface area contributed by atoms with E-state index in [0.717, 1.165) is 0 Å². The Bertz CT molecular complexity index is 424. The van der Waals surface area contributed by atoms with Gasteiger partial charge in [0.15, 0.2) is 0 Å². The molecule has 0 fully saturated rings. The average molecular weight is 245 g/mol. The zero-order valence-corrected chi connectivity index (χ0v) is 9.47. The van der Waals surface area contributed by atoms with Crippen LogP contribution in [-0.4, -0.2) is 12.0 Å². The summed E-state index contributed by atoms with van der Waals surface area (Å²) in [5.41, 5.74) is -0.0340. The van der Waals surface area contributed by atoms with Crippen LogP contribution in [0.1, 0.15) is 25.8 Å². The van der Waals surface area contributed by atoms with Gasteiger partial charge in [0.2, 0.25) is 0 Å². The van der Waals surface area contributed by atoms with Crippen molar-refractivity contribution in [3.8, 4) is 11.5 Å². The Hall–Kier alpha value is -1.39. The highest BCUT2D eigenvalue weighted by Crippen LogP contribution is 2.40. The largest absolute Gasteiger partial charge is 0.573 e. The van der Waals surface area contributed by atoms with E-state index >= 15 is 0 Å². The summed E-state index contributed by atoms with van der Waals surface area (Å²) in [6, 6.07) is 4.40. The molecule has 0 saturated heterocycles. The van der Waals surface area contributed by atoms with Gasteiger partial charge in [-0.05, 0) is 32.4 Å². The molecule has 0 N–H and O–H groups in total. The summed E-state index contributed by atoms with van der Waals surface area (Å²) in [6.45, 7) is 3.76. The lowest BCUT2D eigenvalue weighted by atomic mass is 9.94. The smallest absolute Gasteiger partial charge is 0.487 e. The van der Waals surface area contributed by atoms with E-state index in [-0.39, 0.29) is 5.75 Å². The first-order valence-corrected chi connectivity index (χ1v) is 5.18. The van der Waals surface area contributed by atoms with Crippen molar-refractivity contribution in [3.63, 3.8) is 0 Å². The van der Waals surface area contributed by atoms with Gasteiger partial charge in [-0.2, -0.15) is 0 Å². The Labute approximate surface area is 97.3 Å². The predicted octanol–water partition coefficient (Wildman–Crippen LogP) is 3.70. The maximum absolute atomic E-state index is 12.2. The van der Waals surface area contributed by atoms with Gasteiger partial charge in [0.1, 0.15) is 17.1 Å². The number of benzene rings is 1. The maximum atomic E-state index is 12.2. The second-order valence-corrected chi connectivity index (χ2v) is 4.49. The molecule has 0 unspecified atom stereocenters. The molecule has 1 aliphatic heterocycles. The van der Waals surface area contributed by atoms with E-state index < -0.39 is 12.0 Å². The highest BCUT2D eigenvalue weighted by atomic mass is 19.4. The number of hydrogen-bond acceptors (Lipinski definition) is 2. The standard InChI is InChI=1S/C12H12F3O2/c1-11(2)7-6-8-9(16-11)4-3-5-10(8)17-12(13,14)15/h3-6H,7H2,1-2H3. The van der Waals surface area contributed by atoms with E-state index in [1.807, 2.05) is 13.8 Å². The van der Waals surface area contributed by atoms with Crippen LogP contribution in [0, 0.1) is 6.42 Å². The van der Waals surface area contributed by atoms with Crippen LogP contribution in [0.2, 0.25) is 0 Å². The third kappa shape index (κ3) is 2.84. The second kappa shape index (κ2) is 3.82. The zero-order valence-electron chi connectivity index (χ0n) is 9.47. The molecule has 0 atom stereocenters. The van der Waals surface area contributed by atoms with Crippen molar-refractivity contribution < 1.29 is 22.6 Å². The Balaban J connectivity index is 2.32. The van der Waals surface area contributed by atoms with Gasteiger partial charge >= 0.3 is 6.36 Å². The van der Waals surface area contributed by atoms with E-state index in [2.05, 4.69) is 4.74 Å². The summed E-state index contributed by atoms with van der Waals surface area (Å²) in [6.07, 6.45) is -2.44. The highest BCUT2D eigenvalue weighted by molar-refractivity contribution is 5.51. The Morgan fingerprint density at radius 1 is 1.29 bits per heavy atom. The first kappa shape index (κ1) is 12.1. The van der Waals surface area contributed by atoms with Gasteiger partial charge in [-0.25, -0.2) is 0 Å². The number of alkyl halides is 3. The summed E-state index contributed by atoms with van der Waals surface area (Å²) in [7, 11) is 0. The van der Waals surface area contributed by atoms with Crippen molar-refractivity contribution in [1.29, 1.82) is 0 Å². The second-order valence-electron chi connectivity index (χ2n) is 4.49. The third-order valence-corrected chi connectivity index (χ3v) is 2.44. The van der Waals surface area contributed by atoms with Crippen LogP contribution in [-0.2, 0) is 0 Å². The lowest BCUT2D eigenvalue weighted by molar-refractivity contribution is -0.274. The first-order valence-electron chi connectivity index (χ1n) is 5.18. The molecule has 17 heavy (non-hydrogen) atoms. The predicted molar refractivity (Wildman–Crippen MR) is 55.9 cm³/mol. The van der Waals surface area contributed by atoms with Gasteiger partial charge in [0.25, 0.3) is 0 Å². The Morgan fingerprint density at radius 3 is 2.65 bits per heavy atom. The summed E-state index contributed by atoms with van der Waals surface area (Å²) in [5, 5.41) is 0. The van der Waals surface area contributed by atoms with Gasteiger partial charge in [0, 0.05) is 12.0 Å². The molecule has 1 heterocycles. The topological polar surface area (TPSA) is 18.5 Å². The molecule has 0 spiro atoms. The minimum absolute atomic E-state index is 0.217. The van der Waals surface area contributed by atoms with Crippen molar-refractivity contribution in [3.05, 3.63) is 30.2 Å². The van der Waals surface area contributed by atoms with Crippen molar-refractivity contribution in [2.75, 3.05) is 0 Å². The monoisotopic (exact) mass is 245 g/mol. The van der Waals surface area contributed by atoms with Gasteiger partial charge < -0.3 is 9.47 Å². The molecule has 1 radical (unpaired) electrons. The molecular weight excluding hydrogens is 233 g/mol. The van der Waals surface area contributed by atoms with E-state index in [0.29, 0.717) is 17.7 Å². The van der Waals surface area contributed by atoms with Crippen molar-refractivity contribution in [1.82, 2.24) is 0 Å². The van der Waals surface area contributed by atoms with Crippen molar-refractivity contribution >= 4 is 0 Å². The van der Waals surface area contributed by atoms with Gasteiger partial charge in [-0.15, -0.1) is 13.2 Å². The molecule has 0 amide bonds. The van der Waals surface area contributed by atoms with E-state index in [1.54, 1.807) is 12.5 Å². The average Bonchev–Trinajstić information content (AvgIpc) is 2.13. The maximum Gasteiger partial charge on any atom is 0.573 e. The summed E-state index contributed by atoms with van der Waals surface area (Å²) in [5.74, 6) is 0.202. The van der Waals surface area contributed by atoms with E-state index in [9.17, 15) is 13.2 Å². The summed E-state index contributed by atoms with van der Waals surface area (Å²) >= 11 is 0. The normalized spacial score (nSPS) is 18.2. The van der Waals surface area contributed by atoms with Gasteiger partial charge in [0.05, 0.1) is 0 Å². The molecular formula is C12H12F3O2. The molecule has 5 heteroatoms. The molecule has 2 nitrogen and oxygen atoms in total. The number of rotatable bonds is 1. The molecule has 93 valence electrons. The van der Waals surface area contributed by atoms with E-state index in [4.69, 9.17) is 4.74 Å². The van der Waals surface area contributed by atoms with Crippen LogP contribution < -0.4 is 9.47 Å². The molecule has 0 aliphatic carbocycles. The van der Waals surface area contributed by atoms with Crippen LogP contribution in [0.25, 0.3) is 0 Å². The van der Waals surface area contributed by atoms with Crippen LogP contribution >= 0.6 is 0 Å². The quantitative estimate of drug-likeness (QED) is 0.751. The van der Waals surface area contributed by atoms with Gasteiger partial charge in [-0.1, -0.05) is 6.07 Å². The Kier molecular flexibility index (Phi) is 2.72. The zero-order chi connectivity index (χ0) is 12.7. The molecule has 0 saturated carbocycles. The number of ether oxygens (including phenoxy) is 2. The first-order chi connectivity index (χ1) is 7.77. The third-order valence-electron chi connectivity index (χ3n) is 2.44. The molecule has 0 aromatic heterocycles. The fourth-order valence-electron chi connectivity index (χ4n) is 1.71. The summed E-state index contributed by atoms with van der Waals surface area (Å²) in [4.78, 5) is 0. The number of halogens is 3. The fraction of sp³-hybridized carbons (Fsp3) is 0.417. The van der Waals surface area contributed by atoms with Gasteiger partial charge in [-0.3, -0.25) is 0 Å². The van der Waals surface area contributed by atoms with E-state index in [1.165, 1.54) is 12.1 Å². The molecule has 1 aromatic carbocycles. The molecule has 1 aromatic rings. The minimum atomic E-state index is -4.68. The highest BCUT2D eigenvalue weighted by Gasteiger charge is 2.35. The summed E-state index contributed by atoms with van der Waals surface area (Å²) < 4.78 is 46.1. The molecule has 0 bridgehead atoms. The van der Waals surface area contributed by atoms with Crippen LogP contribution in [0.3, 0.4) is 0 Å². The number of hydrogen-bond donors (Lipinski definition) is 0.